The molecule has 3 atom stereocenters. The molecule has 0 spiro atoms. The van der Waals surface area contributed by atoms with Crippen LogP contribution in [0.5, 0.6) is 0 Å². The number of carbonyl (C=O) groups is 3. The zero-order valence-corrected chi connectivity index (χ0v) is 22.6. The smallest absolute Gasteiger partial charge is 0.201 e. The van der Waals surface area contributed by atoms with Gasteiger partial charge in [0.1, 0.15) is 5.41 Å². The molecular weight excluding hydrogens is 512 g/mol. The summed E-state index contributed by atoms with van der Waals surface area (Å²) in [6, 6.07) is 31.2. The molecule has 6 rings (SSSR count). The van der Waals surface area contributed by atoms with E-state index in [0.717, 1.165) is 16.7 Å². The lowest BCUT2D eigenvalue weighted by atomic mass is 9.57. The molecule has 0 amide bonds. The molecular formula is C35H32N2O4. The van der Waals surface area contributed by atoms with Gasteiger partial charge in [-0.2, -0.15) is 0 Å². The van der Waals surface area contributed by atoms with Crippen LogP contribution in [0.25, 0.3) is 0 Å². The summed E-state index contributed by atoms with van der Waals surface area (Å²) in [6.07, 6.45) is 1.36. The molecule has 2 aliphatic heterocycles. The van der Waals surface area contributed by atoms with Crippen LogP contribution < -0.4 is 10.6 Å². The Bertz CT molecular complexity index is 1550. The first-order chi connectivity index (χ1) is 20.0. The topological polar surface area (TPSA) is 95.5 Å². The maximum atomic E-state index is 15.1. The summed E-state index contributed by atoms with van der Waals surface area (Å²) in [5, 5.41) is 19.2. The molecule has 206 valence electrons. The zero-order chi connectivity index (χ0) is 28.5. The van der Waals surface area contributed by atoms with Crippen LogP contribution in [0.3, 0.4) is 0 Å². The molecule has 0 saturated carbocycles. The van der Waals surface area contributed by atoms with Crippen LogP contribution in [0.1, 0.15) is 39.4 Å². The SMILES string of the molecule is O=CC(O)(C(=O)C1NCCc2ccccc21)C(C(=O)C1Cc2ccccc2CN1)(c1ccccc1)c1ccccc1. The molecule has 0 saturated heterocycles. The van der Waals surface area contributed by atoms with E-state index in [9.17, 15) is 14.7 Å². The number of benzene rings is 4. The molecule has 0 fully saturated rings. The lowest BCUT2D eigenvalue weighted by molar-refractivity contribution is -0.158. The third kappa shape index (κ3) is 4.36. The van der Waals surface area contributed by atoms with Gasteiger partial charge in [-0.15, -0.1) is 0 Å². The van der Waals surface area contributed by atoms with E-state index in [1.54, 1.807) is 60.7 Å². The fourth-order valence-electron chi connectivity index (χ4n) is 6.65. The number of ketones is 2. The summed E-state index contributed by atoms with van der Waals surface area (Å²) in [7, 11) is 0. The molecule has 41 heavy (non-hydrogen) atoms. The van der Waals surface area contributed by atoms with Crippen molar-refractivity contribution in [3.63, 3.8) is 0 Å². The number of rotatable bonds is 8. The van der Waals surface area contributed by atoms with Gasteiger partial charge in [0, 0.05) is 13.1 Å². The van der Waals surface area contributed by atoms with Crippen molar-refractivity contribution in [2.75, 3.05) is 6.54 Å². The van der Waals surface area contributed by atoms with E-state index in [1.807, 2.05) is 48.5 Å². The Morgan fingerprint density at radius 3 is 1.90 bits per heavy atom. The van der Waals surface area contributed by atoms with Gasteiger partial charge in [-0.3, -0.25) is 14.4 Å². The maximum absolute atomic E-state index is 15.1. The second kappa shape index (κ2) is 11.0. The molecule has 4 aromatic carbocycles. The second-order valence-corrected chi connectivity index (χ2v) is 10.8. The third-order valence-electron chi connectivity index (χ3n) is 8.67. The standard InChI is InChI=1S/C35H32N2O4/c38-23-34(41,33(40)31-29-18-10-9-11-24(29)19-20-36-31)35(27-14-3-1-4-15-27,28-16-5-2-6-17-28)32(39)30-21-25-12-7-8-13-26(25)22-37-30/h1-18,23,30-31,36-37,41H,19-22H2. The van der Waals surface area contributed by atoms with Crippen LogP contribution in [0.2, 0.25) is 0 Å². The van der Waals surface area contributed by atoms with Crippen LogP contribution in [0, 0.1) is 0 Å². The zero-order valence-electron chi connectivity index (χ0n) is 22.6. The van der Waals surface area contributed by atoms with Crippen molar-refractivity contribution in [1.82, 2.24) is 10.6 Å². The minimum absolute atomic E-state index is 0.281. The van der Waals surface area contributed by atoms with Crippen molar-refractivity contribution in [3.8, 4) is 0 Å². The van der Waals surface area contributed by atoms with Gasteiger partial charge in [-0.1, -0.05) is 109 Å². The minimum Gasteiger partial charge on any atom is -0.373 e. The van der Waals surface area contributed by atoms with Gasteiger partial charge in [0.25, 0.3) is 0 Å². The summed E-state index contributed by atoms with van der Waals surface area (Å²) in [5.74, 6) is -1.19. The minimum atomic E-state index is -2.73. The molecule has 0 aliphatic carbocycles. The molecule has 6 heteroatoms. The van der Waals surface area contributed by atoms with Gasteiger partial charge < -0.3 is 15.7 Å². The van der Waals surface area contributed by atoms with Crippen LogP contribution in [0.4, 0.5) is 0 Å². The van der Waals surface area contributed by atoms with Crippen LogP contribution in [-0.2, 0) is 39.2 Å². The van der Waals surface area contributed by atoms with Crippen molar-refractivity contribution in [3.05, 3.63) is 143 Å². The number of hydrogen-bond donors (Lipinski definition) is 3. The van der Waals surface area contributed by atoms with Crippen molar-refractivity contribution in [1.29, 1.82) is 0 Å². The third-order valence-corrected chi connectivity index (χ3v) is 8.67. The lowest BCUT2D eigenvalue weighted by Crippen LogP contribution is -2.68. The number of Topliss-reactive ketones (excluding diaryl/α,β-unsaturated/α-hetero) is 2. The number of fused-ring (bicyclic) bond motifs is 2. The first kappa shape index (κ1) is 27.0. The molecule has 0 radical (unpaired) electrons. The van der Waals surface area contributed by atoms with E-state index in [1.165, 1.54) is 0 Å². The molecule has 2 heterocycles. The maximum Gasteiger partial charge on any atom is 0.201 e. The van der Waals surface area contributed by atoms with Gasteiger partial charge >= 0.3 is 0 Å². The van der Waals surface area contributed by atoms with Crippen molar-refractivity contribution in [2.45, 2.75) is 42.5 Å². The first-order valence-corrected chi connectivity index (χ1v) is 14.0. The average Bonchev–Trinajstić information content (AvgIpc) is 3.05. The van der Waals surface area contributed by atoms with Gasteiger partial charge in [-0.25, -0.2) is 0 Å². The predicted molar refractivity (Wildman–Crippen MR) is 156 cm³/mol. The summed E-state index contributed by atoms with van der Waals surface area (Å²) in [5.41, 5.74) is -0.210. The Balaban J connectivity index is 1.58. The molecule has 0 bridgehead atoms. The molecule has 3 unspecified atom stereocenters. The number of hydrogen-bond acceptors (Lipinski definition) is 6. The predicted octanol–water partition coefficient (Wildman–Crippen LogP) is 3.64. The highest BCUT2D eigenvalue weighted by Gasteiger charge is 2.64. The van der Waals surface area contributed by atoms with E-state index in [-0.39, 0.29) is 6.29 Å². The van der Waals surface area contributed by atoms with Crippen molar-refractivity contribution >= 4 is 17.9 Å². The number of aldehydes is 1. The summed E-state index contributed by atoms with van der Waals surface area (Å²) < 4.78 is 0. The average molecular weight is 545 g/mol. The Kier molecular flexibility index (Phi) is 7.22. The largest absolute Gasteiger partial charge is 0.373 e. The number of nitrogens with one attached hydrogen (secondary N) is 2. The van der Waals surface area contributed by atoms with E-state index in [2.05, 4.69) is 10.6 Å². The monoisotopic (exact) mass is 544 g/mol. The Morgan fingerprint density at radius 1 is 0.707 bits per heavy atom. The van der Waals surface area contributed by atoms with Crippen LogP contribution in [0.15, 0.2) is 109 Å². The molecule has 4 aromatic rings. The normalized spacial score (nSPS) is 19.7. The van der Waals surface area contributed by atoms with Crippen LogP contribution >= 0.6 is 0 Å². The Hall–Kier alpha value is -4.23. The van der Waals surface area contributed by atoms with Gasteiger partial charge in [0.2, 0.25) is 5.60 Å². The van der Waals surface area contributed by atoms with Gasteiger partial charge in [-0.05, 0) is 46.2 Å². The highest BCUT2D eigenvalue weighted by atomic mass is 16.3. The summed E-state index contributed by atoms with van der Waals surface area (Å²) in [6.45, 7) is 0.957. The quantitative estimate of drug-likeness (QED) is 0.232. The molecule has 3 N–H and O–H groups in total. The van der Waals surface area contributed by atoms with E-state index in [4.69, 9.17) is 0 Å². The van der Waals surface area contributed by atoms with Gasteiger partial charge in [0.15, 0.2) is 17.9 Å². The van der Waals surface area contributed by atoms with Crippen LogP contribution in [-0.4, -0.2) is 41.1 Å². The molecule has 2 aliphatic rings. The summed E-state index contributed by atoms with van der Waals surface area (Å²) in [4.78, 5) is 43.1. The van der Waals surface area contributed by atoms with E-state index >= 15 is 4.79 Å². The fraction of sp³-hybridized carbons (Fsp3) is 0.229. The highest BCUT2D eigenvalue weighted by molar-refractivity contribution is 6.15. The highest BCUT2D eigenvalue weighted by Crippen LogP contribution is 2.46. The van der Waals surface area contributed by atoms with E-state index < -0.39 is 34.7 Å². The Labute approximate surface area is 239 Å². The number of carbonyl (C=O) groups excluding carboxylic acids is 3. The first-order valence-electron chi connectivity index (χ1n) is 14.0. The van der Waals surface area contributed by atoms with Crippen molar-refractivity contribution < 1.29 is 19.5 Å². The lowest BCUT2D eigenvalue weighted by Gasteiger charge is -2.46. The fourth-order valence-corrected chi connectivity index (χ4v) is 6.65. The molecule has 0 aromatic heterocycles. The second-order valence-electron chi connectivity index (χ2n) is 10.8. The van der Waals surface area contributed by atoms with E-state index in [0.29, 0.717) is 42.6 Å². The summed E-state index contributed by atoms with van der Waals surface area (Å²) >= 11 is 0. The van der Waals surface area contributed by atoms with Crippen molar-refractivity contribution in [2.24, 2.45) is 0 Å². The Morgan fingerprint density at radius 2 is 1.27 bits per heavy atom. The molecule has 6 nitrogen and oxygen atoms in total. The van der Waals surface area contributed by atoms with Gasteiger partial charge in [0.05, 0.1) is 12.1 Å². The number of aliphatic hydroxyl groups is 1.